The average molecular weight is 307 g/mol. The fourth-order valence-electron chi connectivity index (χ4n) is 2.72. The SMILES string of the molecule is CCCCn1c(=O)n(C)c(=O)c2c1nc(CC)n2C(C)CN. The van der Waals surface area contributed by atoms with Crippen molar-refractivity contribution in [3.63, 3.8) is 0 Å². The van der Waals surface area contributed by atoms with Crippen LogP contribution in [0.5, 0.6) is 0 Å². The lowest BCUT2D eigenvalue weighted by molar-refractivity contribution is 0.545. The van der Waals surface area contributed by atoms with Gasteiger partial charge in [0.15, 0.2) is 11.2 Å². The molecule has 2 aromatic heterocycles. The zero-order valence-corrected chi connectivity index (χ0v) is 13.8. The Morgan fingerprint density at radius 1 is 1.27 bits per heavy atom. The van der Waals surface area contributed by atoms with Crippen molar-refractivity contribution in [1.29, 1.82) is 0 Å². The molecule has 122 valence electrons. The second-order valence-corrected chi connectivity index (χ2v) is 5.66. The molecule has 2 rings (SSSR count). The maximum atomic E-state index is 12.6. The van der Waals surface area contributed by atoms with Gasteiger partial charge in [-0.25, -0.2) is 9.78 Å². The first-order valence-corrected chi connectivity index (χ1v) is 7.88. The molecular formula is C15H25N5O2. The highest BCUT2D eigenvalue weighted by Crippen LogP contribution is 2.18. The van der Waals surface area contributed by atoms with Crippen molar-refractivity contribution in [1.82, 2.24) is 18.7 Å². The number of aromatic nitrogens is 4. The zero-order valence-electron chi connectivity index (χ0n) is 13.8. The number of hydrogen-bond donors (Lipinski definition) is 1. The number of fused-ring (bicyclic) bond motifs is 1. The van der Waals surface area contributed by atoms with Gasteiger partial charge in [0.1, 0.15) is 5.82 Å². The third-order valence-electron chi connectivity index (χ3n) is 4.08. The van der Waals surface area contributed by atoms with Crippen LogP contribution < -0.4 is 17.0 Å². The molecule has 0 aliphatic carbocycles. The summed E-state index contributed by atoms with van der Waals surface area (Å²) in [6.07, 6.45) is 2.52. The van der Waals surface area contributed by atoms with E-state index < -0.39 is 0 Å². The molecule has 0 saturated carbocycles. The molecule has 7 heteroatoms. The third-order valence-corrected chi connectivity index (χ3v) is 4.08. The van der Waals surface area contributed by atoms with Gasteiger partial charge in [0.25, 0.3) is 5.56 Å². The average Bonchev–Trinajstić information content (AvgIpc) is 2.91. The first-order chi connectivity index (χ1) is 10.5. The minimum atomic E-state index is -0.307. The summed E-state index contributed by atoms with van der Waals surface area (Å²) in [5, 5.41) is 0. The second-order valence-electron chi connectivity index (χ2n) is 5.66. The first kappa shape index (κ1) is 16.5. The van der Waals surface area contributed by atoms with Gasteiger partial charge in [-0.3, -0.25) is 13.9 Å². The topological polar surface area (TPSA) is 87.8 Å². The Hall–Kier alpha value is -1.89. The molecular weight excluding hydrogens is 282 g/mol. The van der Waals surface area contributed by atoms with E-state index in [0.717, 1.165) is 18.7 Å². The van der Waals surface area contributed by atoms with Crippen LogP contribution in [0.2, 0.25) is 0 Å². The van der Waals surface area contributed by atoms with Gasteiger partial charge in [-0.1, -0.05) is 20.3 Å². The molecule has 0 aromatic carbocycles. The first-order valence-electron chi connectivity index (χ1n) is 7.88. The highest BCUT2D eigenvalue weighted by atomic mass is 16.2. The van der Waals surface area contributed by atoms with Crippen molar-refractivity contribution in [2.75, 3.05) is 6.54 Å². The van der Waals surface area contributed by atoms with Crippen molar-refractivity contribution in [3.05, 3.63) is 26.7 Å². The lowest BCUT2D eigenvalue weighted by atomic mass is 10.3. The van der Waals surface area contributed by atoms with Gasteiger partial charge in [-0.2, -0.15) is 0 Å². The Balaban J connectivity index is 2.90. The van der Waals surface area contributed by atoms with Crippen LogP contribution in [0.25, 0.3) is 11.2 Å². The fraction of sp³-hybridized carbons (Fsp3) is 0.667. The van der Waals surface area contributed by atoms with Crippen molar-refractivity contribution in [3.8, 4) is 0 Å². The van der Waals surface area contributed by atoms with E-state index in [1.54, 1.807) is 4.57 Å². The van der Waals surface area contributed by atoms with Crippen LogP contribution in [-0.4, -0.2) is 25.2 Å². The second kappa shape index (κ2) is 6.48. The molecule has 0 saturated heterocycles. The third kappa shape index (κ3) is 2.49. The molecule has 1 atom stereocenters. The number of aryl methyl sites for hydroxylation is 2. The van der Waals surface area contributed by atoms with Gasteiger partial charge in [-0.05, 0) is 13.3 Å². The van der Waals surface area contributed by atoms with Gasteiger partial charge in [0, 0.05) is 32.6 Å². The van der Waals surface area contributed by atoms with E-state index in [9.17, 15) is 9.59 Å². The van der Waals surface area contributed by atoms with Crippen molar-refractivity contribution < 1.29 is 0 Å². The van der Waals surface area contributed by atoms with Crippen LogP contribution in [0.15, 0.2) is 9.59 Å². The van der Waals surface area contributed by atoms with E-state index in [1.165, 1.54) is 11.6 Å². The molecule has 22 heavy (non-hydrogen) atoms. The summed E-state index contributed by atoms with van der Waals surface area (Å²) in [6.45, 7) is 6.99. The summed E-state index contributed by atoms with van der Waals surface area (Å²) in [4.78, 5) is 29.6. The Morgan fingerprint density at radius 2 is 1.95 bits per heavy atom. The monoisotopic (exact) mass is 307 g/mol. The largest absolute Gasteiger partial charge is 0.332 e. The Kier molecular flexibility index (Phi) is 4.85. The van der Waals surface area contributed by atoms with Gasteiger partial charge in [0.2, 0.25) is 0 Å². The smallest absolute Gasteiger partial charge is 0.328 e. The van der Waals surface area contributed by atoms with E-state index >= 15 is 0 Å². The summed E-state index contributed by atoms with van der Waals surface area (Å²) in [6, 6.07) is -0.0372. The Morgan fingerprint density at radius 3 is 2.50 bits per heavy atom. The van der Waals surface area contributed by atoms with Crippen LogP contribution >= 0.6 is 0 Å². The molecule has 1 unspecified atom stereocenters. The number of rotatable bonds is 6. The molecule has 0 amide bonds. The number of nitrogens with two attached hydrogens (primary N) is 1. The van der Waals surface area contributed by atoms with Crippen LogP contribution in [0.1, 0.15) is 45.5 Å². The molecule has 0 aliphatic heterocycles. The molecule has 0 fully saturated rings. The van der Waals surface area contributed by atoms with Gasteiger partial charge in [-0.15, -0.1) is 0 Å². The molecule has 0 aliphatic rings. The van der Waals surface area contributed by atoms with Crippen LogP contribution in [0, 0.1) is 0 Å². The summed E-state index contributed by atoms with van der Waals surface area (Å²) >= 11 is 0. The molecule has 7 nitrogen and oxygen atoms in total. The molecule has 0 spiro atoms. The summed E-state index contributed by atoms with van der Waals surface area (Å²) in [5.41, 5.74) is 6.14. The number of unbranched alkanes of at least 4 members (excludes halogenated alkanes) is 1. The molecule has 2 heterocycles. The maximum Gasteiger partial charge on any atom is 0.332 e. The number of imidazole rings is 1. The van der Waals surface area contributed by atoms with Gasteiger partial charge < -0.3 is 10.3 Å². The van der Waals surface area contributed by atoms with Crippen molar-refractivity contribution in [2.45, 2.75) is 52.6 Å². The lowest BCUT2D eigenvalue weighted by Crippen LogP contribution is -2.39. The van der Waals surface area contributed by atoms with Gasteiger partial charge >= 0.3 is 5.69 Å². The minimum absolute atomic E-state index is 0.0372. The van der Waals surface area contributed by atoms with E-state index in [-0.39, 0.29) is 17.3 Å². The Labute approximate surface area is 129 Å². The number of nitrogens with zero attached hydrogens (tertiary/aromatic N) is 4. The highest BCUT2D eigenvalue weighted by Gasteiger charge is 2.21. The number of hydrogen-bond acceptors (Lipinski definition) is 4. The lowest BCUT2D eigenvalue weighted by Gasteiger charge is -2.15. The van der Waals surface area contributed by atoms with Crippen LogP contribution in [-0.2, 0) is 20.0 Å². The Bertz CT molecular complexity index is 784. The summed E-state index contributed by atoms with van der Waals surface area (Å²) < 4.78 is 4.66. The minimum Gasteiger partial charge on any atom is -0.328 e. The maximum absolute atomic E-state index is 12.6. The fourth-order valence-corrected chi connectivity index (χ4v) is 2.72. The van der Waals surface area contributed by atoms with Crippen LogP contribution in [0.3, 0.4) is 0 Å². The van der Waals surface area contributed by atoms with E-state index in [4.69, 9.17) is 5.73 Å². The molecule has 0 radical (unpaired) electrons. The standard InChI is InChI=1S/C15H25N5O2/c1-5-7-8-19-13-12(14(21)18(4)15(19)22)20(10(3)9-16)11(6-2)17-13/h10H,5-9,16H2,1-4H3. The molecule has 0 bridgehead atoms. The molecule has 2 N–H and O–H groups in total. The van der Waals surface area contributed by atoms with Gasteiger partial charge in [0.05, 0.1) is 0 Å². The quantitative estimate of drug-likeness (QED) is 0.854. The van der Waals surface area contributed by atoms with E-state index in [0.29, 0.717) is 30.7 Å². The molecule has 2 aromatic rings. The van der Waals surface area contributed by atoms with Crippen molar-refractivity contribution >= 4 is 11.2 Å². The van der Waals surface area contributed by atoms with E-state index in [2.05, 4.69) is 11.9 Å². The van der Waals surface area contributed by atoms with Crippen molar-refractivity contribution in [2.24, 2.45) is 12.8 Å². The highest BCUT2D eigenvalue weighted by molar-refractivity contribution is 5.71. The van der Waals surface area contributed by atoms with Crippen LogP contribution in [0.4, 0.5) is 0 Å². The predicted molar refractivity (Wildman–Crippen MR) is 87.3 cm³/mol. The summed E-state index contributed by atoms with van der Waals surface area (Å²) in [7, 11) is 1.52. The zero-order chi connectivity index (χ0) is 16.4. The normalized spacial score (nSPS) is 13.0. The van der Waals surface area contributed by atoms with E-state index in [1.807, 2.05) is 18.4 Å². The summed E-state index contributed by atoms with van der Waals surface area (Å²) in [5.74, 6) is 0.792. The predicted octanol–water partition coefficient (Wildman–Crippen LogP) is 0.779.